The van der Waals surface area contributed by atoms with Crippen LogP contribution in [0.2, 0.25) is 0 Å². The van der Waals surface area contributed by atoms with Crippen LogP contribution in [0.15, 0.2) is 66.9 Å². The molecule has 3 heterocycles. The van der Waals surface area contributed by atoms with Crippen molar-refractivity contribution >= 4 is 11.9 Å². The van der Waals surface area contributed by atoms with Gasteiger partial charge in [-0.3, -0.25) is 20.1 Å². The molecule has 1 atom stereocenters. The third-order valence-corrected chi connectivity index (χ3v) is 6.75. The molecule has 3 N–H and O–H groups in total. The first-order valence-corrected chi connectivity index (χ1v) is 11.1. The van der Waals surface area contributed by atoms with E-state index >= 15 is 0 Å². The lowest BCUT2D eigenvalue weighted by molar-refractivity contribution is -0.126. The van der Waals surface area contributed by atoms with Crippen LogP contribution in [0, 0.1) is 5.92 Å². The third kappa shape index (κ3) is 3.91. The highest BCUT2D eigenvalue weighted by molar-refractivity contribution is 6.07. The van der Waals surface area contributed by atoms with Crippen molar-refractivity contribution in [3.8, 4) is 11.3 Å². The summed E-state index contributed by atoms with van der Waals surface area (Å²) in [5, 5.41) is 12.9. The molecule has 0 aliphatic carbocycles. The quantitative estimate of drug-likeness (QED) is 0.525. The van der Waals surface area contributed by atoms with E-state index in [0.717, 1.165) is 49.3 Å². The number of aromatic amines is 1. The van der Waals surface area contributed by atoms with E-state index in [0.29, 0.717) is 6.42 Å². The summed E-state index contributed by atoms with van der Waals surface area (Å²) in [5.74, 6) is -0.116. The highest BCUT2D eigenvalue weighted by atomic mass is 16.2. The van der Waals surface area contributed by atoms with Crippen molar-refractivity contribution in [3.05, 3.63) is 78.0 Å². The van der Waals surface area contributed by atoms with Crippen molar-refractivity contribution in [1.29, 1.82) is 0 Å². The van der Waals surface area contributed by atoms with Gasteiger partial charge in [-0.2, -0.15) is 5.10 Å². The first kappa shape index (κ1) is 20.5. The summed E-state index contributed by atoms with van der Waals surface area (Å²) in [6.07, 6.45) is 4.10. The number of urea groups is 1. The summed E-state index contributed by atoms with van der Waals surface area (Å²) in [6, 6.07) is 19.8. The van der Waals surface area contributed by atoms with Gasteiger partial charge in [-0.05, 0) is 43.0 Å². The molecule has 1 aromatic heterocycles. The zero-order chi connectivity index (χ0) is 22.0. The van der Waals surface area contributed by atoms with E-state index in [4.69, 9.17) is 0 Å². The van der Waals surface area contributed by atoms with E-state index in [2.05, 4.69) is 37.9 Å². The fourth-order valence-electron chi connectivity index (χ4n) is 5.09. The molecule has 2 fully saturated rings. The lowest BCUT2D eigenvalue weighted by atomic mass is 9.74. The number of carbonyl (C=O) groups excluding carboxylic acids is 2. The van der Waals surface area contributed by atoms with Gasteiger partial charge in [0.15, 0.2) is 0 Å². The zero-order valence-electron chi connectivity index (χ0n) is 17.9. The predicted molar refractivity (Wildman–Crippen MR) is 122 cm³/mol. The van der Waals surface area contributed by atoms with Gasteiger partial charge < -0.3 is 5.32 Å². The van der Waals surface area contributed by atoms with Crippen molar-refractivity contribution in [2.75, 3.05) is 13.1 Å². The van der Waals surface area contributed by atoms with Crippen molar-refractivity contribution in [2.45, 2.75) is 31.3 Å². The number of H-pyrrole nitrogens is 1. The SMILES string of the molecule is O=C1NC(=O)C(Cc2ccccc2)(C2CCN(Cc3cn[nH]c3-c3ccccc3)CC2)N1. The minimum absolute atomic E-state index is 0.0864. The second-order valence-corrected chi connectivity index (χ2v) is 8.73. The molecule has 2 saturated heterocycles. The van der Waals surface area contributed by atoms with Crippen LogP contribution < -0.4 is 10.6 Å². The smallest absolute Gasteiger partial charge is 0.322 e. The number of rotatable bonds is 6. The largest absolute Gasteiger partial charge is 0.323 e. The third-order valence-electron chi connectivity index (χ3n) is 6.75. The monoisotopic (exact) mass is 429 g/mol. The van der Waals surface area contributed by atoms with Crippen LogP contribution in [0.25, 0.3) is 11.3 Å². The Morgan fingerprint density at radius 3 is 2.31 bits per heavy atom. The molecule has 2 aliphatic heterocycles. The summed E-state index contributed by atoms with van der Waals surface area (Å²) >= 11 is 0. The Kier molecular flexibility index (Phi) is 5.49. The van der Waals surface area contributed by atoms with E-state index in [1.165, 1.54) is 5.56 Å². The van der Waals surface area contributed by atoms with Gasteiger partial charge in [-0.15, -0.1) is 0 Å². The Labute approximate surface area is 187 Å². The summed E-state index contributed by atoms with van der Waals surface area (Å²) in [5.41, 5.74) is 3.52. The number of imide groups is 1. The maximum atomic E-state index is 12.9. The van der Waals surface area contributed by atoms with Crippen LogP contribution in [-0.2, 0) is 17.8 Å². The van der Waals surface area contributed by atoms with Gasteiger partial charge in [0, 0.05) is 18.5 Å². The number of aromatic nitrogens is 2. The maximum absolute atomic E-state index is 12.9. The molecule has 3 aromatic rings. The van der Waals surface area contributed by atoms with Crippen molar-refractivity contribution in [1.82, 2.24) is 25.7 Å². The minimum atomic E-state index is -0.880. The highest BCUT2D eigenvalue weighted by Crippen LogP contribution is 2.34. The molecule has 7 heteroatoms. The first-order chi connectivity index (χ1) is 15.6. The molecule has 0 saturated carbocycles. The Bertz CT molecular complexity index is 1090. The van der Waals surface area contributed by atoms with Crippen LogP contribution in [0.3, 0.4) is 0 Å². The van der Waals surface area contributed by atoms with Gasteiger partial charge in [0.2, 0.25) is 0 Å². The van der Waals surface area contributed by atoms with Gasteiger partial charge in [0.05, 0.1) is 11.9 Å². The predicted octanol–water partition coefficient (Wildman–Crippen LogP) is 3.11. The normalized spacial score (nSPS) is 22.0. The fourth-order valence-corrected chi connectivity index (χ4v) is 5.09. The summed E-state index contributed by atoms with van der Waals surface area (Å²) < 4.78 is 0. The van der Waals surface area contributed by atoms with E-state index in [1.807, 2.05) is 54.7 Å². The summed E-state index contributed by atoms with van der Waals surface area (Å²) in [4.78, 5) is 27.4. The van der Waals surface area contributed by atoms with Crippen LogP contribution in [0.4, 0.5) is 4.79 Å². The number of nitrogens with one attached hydrogen (secondary N) is 3. The number of benzene rings is 2. The average Bonchev–Trinajstić information content (AvgIpc) is 3.39. The number of nitrogens with zero attached hydrogens (tertiary/aromatic N) is 2. The molecule has 0 radical (unpaired) electrons. The number of piperidine rings is 1. The van der Waals surface area contributed by atoms with Crippen LogP contribution >= 0.6 is 0 Å². The van der Waals surface area contributed by atoms with E-state index in [-0.39, 0.29) is 17.9 Å². The van der Waals surface area contributed by atoms with Crippen molar-refractivity contribution in [2.24, 2.45) is 5.92 Å². The molecular weight excluding hydrogens is 402 g/mol. The number of amides is 3. The van der Waals surface area contributed by atoms with Gasteiger partial charge in [-0.25, -0.2) is 4.79 Å². The number of carbonyl (C=O) groups is 2. The number of likely N-dealkylation sites (tertiary alicyclic amines) is 1. The lowest BCUT2D eigenvalue weighted by Crippen LogP contribution is -2.57. The number of hydrogen-bond donors (Lipinski definition) is 3. The van der Waals surface area contributed by atoms with Gasteiger partial charge in [-0.1, -0.05) is 60.7 Å². The molecule has 5 rings (SSSR count). The lowest BCUT2D eigenvalue weighted by Gasteiger charge is -2.40. The molecule has 164 valence electrons. The average molecular weight is 430 g/mol. The molecule has 7 nitrogen and oxygen atoms in total. The Hall–Kier alpha value is -3.45. The van der Waals surface area contributed by atoms with E-state index in [9.17, 15) is 9.59 Å². The van der Waals surface area contributed by atoms with E-state index < -0.39 is 5.54 Å². The number of hydrogen-bond acceptors (Lipinski definition) is 4. The molecular formula is C25H27N5O2. The molecule has 0 spiro atoms. The molecule has 1 unspecified atom stereocenters. The second-order valence-electron chi connectivity index (χ2n) is 8.73. The van der Waals surface area contributed by atoms with Crippen molar-refractivity contribution in [3.63, 3.8) is 0 Å². The Morgan fingerprint density at radius 1 is 0.969 bits per heavy atom. The molecule has 3 amide bonds. The molecule has 2 aromatic carbocycles. The highest BCUT2D eigenvalue weighted by Gasteiger charge is 2.52. The summed E-state index contributed by atoms with van der Waals surface area (Å²) in [7, 11) is 0. The van der Waals surface area contributed by atoms with Gasteiger partial charge in [0.25, 0.3) is 5.91 Å². The molecule has 32 heavy (non-hydrogen) atoms. The van der Waals surface area contributed by atoms with Crippen LogP contribution in [0.1, 0.15) is 24.0 Å². The fraction of sp³-hybridized carbons (Fsp3) is 0.320. The molecule has 0 bridgehead atoms. The summed E-state index contributed by atoms with van der Waals surface area (Å²) in [6.45, 7) is 2.53. The van der Waals surface area contributed by atoms with E-state index in [1.54, 1.807) is 0 Å². The van der Waals surface area contributed by atoms with Gasteiger partial charge in [0.1, 0.15) is 5.54 Å². The Balaban J connectivity index is 1.29. The maximum Gasteiger partial charge on any atom is 0.322 e. The standard InChI is InChI=1S/C25H27N5O2/c31-23-25(28-24(32)27-23,15-18-7-3-1-4-8-18)21-11-13-30(14-12-21)17-20-16-26-29-22(20)19-9-5-2-6-10-19/h1-10,16,21H,11-15,17H2,(H,26,29)(H2,27,28,31,32). The van der Waals surface area contributed by atoms with Crippen LogP contribution in [0.5, 0.6) is 0 Å². The van der Waals surface area contributed by atoms with Crippen LogP contribution in [-0.4, -0.2) is 45.7 Å². The molecule has 2 aliphatic rings. The second kappa shape index (κ2) is 8.59. The zero-order valence-corrected chi connectivity index (χ0v) is 17.9. The minimum Gasteiger partial charge on any atom is -0.323 e. The van der Waals surface area contributed by atoms with Gasteiger partial charge >= 0.3 is 6.03 Å². The first-order valence-electron chi connectivity index (χ1n) is 11.1. The Morgan fingerprint density at radius 2 is 1.66 bits per heavy atom. The van der Waals surface area contributed by atoms with Crippen molar-refractivity contribution < 1.29 is 9.59 Å². The topological polar surface area (TPSA) is 90.1 Å².